The van der Waals surface area contributed by atoms with Crippen LogP contribution in [0.4, 0.5) is 13.2 Å². The van der Waals surface area contributed by atoms with Gasteiger partial charge in [0.05, 0.1) is 0 Å². The van der Waals surface area contributed by atoms with E-state index in [0.717, 1.165) is 12.1 Å². The first-order valence-corrected chi connectivity index (χ1v) is 10.6. The zero-order valence-corrected chi connectivity index (χ0v) is 15.5. The first-order valence-electron chi connectivity index (χ1n) is 8.11. The van der Waals surface area contributed by atoms with Crippen LogP contribution in [0.2, 0.25) is 18.1 Å². The van der Waals surface area contributed by atoms with E-state index in [2.05, 4.69) is 0 Å². The third-order valence-electron chi connectivity index (χ3n) is 4.82. The van der Waals surface area contributed by atoms with Crippen molar-refractivity contribution in [2.24, 2.45) is 0 Å². The highest BCUT2D eigenvalue weighted by molar-refractivity contribution is 6.73. The summed E-state index contributed by atoms with van der Waals surface area (Å²) in [6.07, 6.45) is -1.34. The fourth-order valence-corrected chi connectivity index (χ4v) is 5.94. The van der Waals surface area contributed by atoms with E-state index in [1.165, 1.54) is 19.1 Å². The number of carbonyl (C=O) groups is 1. The van der Waals surface area contributed by atoms with Crippen LogP contribution in [-0.4, -0.2) is 25.3 Å². The van der Waals surface area contributed by atoms with Gasteiger partial charge in [-0.2, -0.15) is 0 Å². The predicted molar refractivity (Wildman–Crippen MR) is 89.2 cm³/mol. The van der Waals surface area contributed by atoms with E-state index in [0.29, 0.717) is 18.1 Å². The molecule has 1 atom stereocenters. The molecular formula is C17H25F3O3Si. The highest BCUT2D eigenvalue weighted by Crippen LogP contribution is 2.46. The fourth-order valence-electron chi connectivity index (χ4n) is 2.87. The fraction of sp³-hybridized carbons (Fsp3) is 0.588. The van der Waals surface area contributed by atoms with Crippen LogP contribution in [-0.2, 0) is 14.8 Å². The van der Waals surface area contributed by atoms with Crippen LogP contribution in [0.15, 0.2) is 24.3 Å². The maximum Gasteiger partial charge on any atom is 0.309 e. The third-order valence-corrected chi connectivity index (χ3v) is 9.53. The van der Waals surface area contributed by atoms with E-state index in [9.17, 15) is 18.0 Å². The van der Waals surface area contributed by atoms with Crippen molar-refractivity contribution in [3.63, 3.8) is 0 Å². The van der Waals surface area contributed by atoms with Crippen molar-refractivity contribution in [3.8, 4) is 0 Å². The number of benzene rings is 1. The summed E-state index contributed by atoms with van der Waals surface area (Å²) >= 11 is 0. The number of carboxylic acid groups (broad SMARTS) is 1. The predicted octanol–water partition coefficient (Wildman–Crippen LogP) is 5.17. The van der Waals surface area contributed by atoms with Gasteiger partial charge in [0.25, 0.3) is 5.92 Å². The van der Waals surface area contributed by atoms with Crippen LogP contribution in [0.25, 0.3) is 0 Å². The van der Waals surface area contributed by atoms with Crippen molar-refractivity contribution < 1.29 is 27.5 Å². The van der Waals surface area contributed by atoms with Gasteiger partial charge in [-0.15, -0.1) is 0 Å². The molecule has 0 bridgehead atoms. The van der Waals surface area contributed by atoms with Gasteiger partial charge in [-0.25, -0.2) is 13.2 Å². The topological polar surface area (TPSA) is 46.5 Å². The van der Waals surface area contributed by atoms with Gasteiger partial charge in [-0.05, 0) is 42.8 Å². The molecule has 0 aliphatic heterocycles. The van der Waals surface area contributed by atoms with Crippen LogP contribution in [0.5, 0.6) is 0 Å². The Morgan fingerprint density at radius 1 is 1.12 bits per heavy atom. The molecule has 0 saturated carbocycles. The van der Waals surface area contributed by atoms with E-state index in [1.54, 1.807) is 0 Å². The smallest absolute Gasteiger partial charge is 0.309 e. The molecule has 0 aliphatic rings. The Balaban J connectivity index is 3.45. The van der Waals surface area contributed by atoms with Crippen molar-refractivity contribution in [2.75, 3.05) is 0 Å². The molecule has 24 heavy (non-hydrogen) atoms. The molecule has 0 saturated heterocycles. The summed E-state index contributed by atoms with van der Waals surface area (Å²) in [6, 6.07) is 6.57. The average Bonchev–Trinajstić information content (AvgIpc) is 2.52. The Bertz CT molecular complexity index is 550. The Labute approximate surface area is 142 Å². The summed E-state index contributed by atoms with van der Waals surface area (Å²) in [5.74, 6) is -5.78. The monoisotopic (exact) mass is 362 g/mol. The van der Waals surface area contributed by atoms with Gasteiger partial charge in [0.15, 0.2) is 8.32 Å². The van der Waals surface area contributed by atoms with Gasteiger partial charge >= 0.3 is 5.97 Å². The quantitative estimate of drug-likeness (QED) is 0.616. The minimum atomic E-state index is -3.63. The largest absolute Gasteiger partial charge is 0.481 e. The number of halogens is 3. The lowest BCUT2D eigenvalue weighted by Gasteiger charge is -2.44. The number of rotatable bonds is 9. The zero-order chi connectivity index (χ0) is 18.6. The van der Waals surface area contributed by atoms with Gasteiger partial charge in [-0.3, -0.25) is 4.79 Å². The maximum atomic E-state index is 14.9. The molecule has 136 valence electrons. The minimum absolute atomic E-state index is 0.0855. The Morgan fingerprint density at radius 3 is 1.96 bits per heavy atom. The first-order chi connectivity index (χ1) is 11.1. The minimum Gasteiger partial charge on any atom is -0.481 e. The Morgan fingerprint density at radius 2 is 1.58 bits per heavy atom. The van der Waals surface area contributed by atoms with Crippen molar-refractivity contribution in [3.05, 3.63) is 35.6 Å². The molecule has 0 aromatic heterocycles. The van der Waals surface area contributed by atoms with Gasteiger partial charge in [0.1, 0.15) is 17.8 Å². The summed E-state index contributed by atoms with van der Waals surface area (Å²) in [7, 11) is -2.48. The van der Waals surface area contributed by atoms with E-state index in [-0.39, 0.29) is 5.56 Å². The Kier molecular flexibility index (Phi) is 6.64. The number of hydrogen-bond acceptors (Lipinski definition) is 2. The average molecular weight is 362 g/mol. The summed E-state index contributed by atoms with van der Waals surface area (Å²) in [5, 5.41) is 8.89. The molecule has 0 aliphatic carbocycles. The molecule has 3 nitrogen and oxygen atoms in total. The highest BCUT2D eigenvalue weighted by Gasteiger charge is 2.56. The zero-order valence-electron chi connectivity index (χ0n) is 14.5. The Hall–Kier alpha value is -1.34. The van der Waals surface area contributed by atoms with Crippen LogP contribution in [0, 0.1) is 5.82 Å². The second-order valence-corrected chi connectivity index (χ2v) is 10.9. The van der Waals surface area contributed by atoms with E-state index in [4.69, 9.17) is 9.53 Å². The molecule has 1 rings (SSSR count). The lowest BCUT2D eigenvalue weighted by molar-refractivity contribution is -0.184. The number of carboxylic acids is 1. The summed E-state index contributed by atoms with van der Waals surface area (Å²) in [4.78, 5) is 10.9. The number of alkyl halides is 2. The van der Waals surface area contributed by atoms with Crippen molar-refractivity contribution in [1.29, 1.82) is 0 Å². The van der Waals surface area contributed by atoms with Gasteiger partial charge in [0, 0.05) is 0 Å². The molecule has 0 spiro atoms. The molecule has 1 N–H and O–H groups in total. The molecule has 0 heterocycles. The second kappa shape index (κ2) is 7.69. The molecule has 0 radical (unpaired) electrons. The van der Waals surface area contributed by atoms with Gasteiger partial charge < -0.3 is 9.53 Å². The van der Waals surface area contributed by atoms with Crippen molar-refractivity contribution in [1.82, 2.24) is 0 Å². The SMILES string of the molecule is CC[Si](CC)(CC)OC(C)(c1ccc(F)cc1)C(F)(F)CC(=O)O. The first kappa shape index (κ1) is 20.7. The summed E-state index contributed by atoms with van der Waals surface area (Å²) in [5.41, 5.74) is -2.03. The van der Waals surface area contributed by atoms with Crippen LogP contribution < -0.4 is 0 Å². The van der Waals surface area contributed by atoms with Crippen LogP contribution in [0.3, 0.4) is 0 Å². The normalized spacial score (nSPS) is 15.1. The molecule has 1 aromatic rings. The van der Waals surface area contributed by atoms with Gasteiger partial charge in [-0.1, -0.05) is 32.9 Å². The standard InChI is InChI=1S/C17H25F3O3Si/c1-5-24(6-2,7-3)23-16(4,17(19,20)12-15(21)22)13-8-10-14(18)11-9-13/h8-11H,5-7,12H2,1-4H3,(H,21,22). The van der Waals surface area contributed by atoms with E-state index < -0.39 is 38.0 Å². The molecule has 0 fully saturated rings. The maximum absolute atomic E-state index is 14.9. The summed E-state index contributed by atoms with van der Waals surface area (Å²) < 4.78 is 49.0. The van der Waals surface area contributed by atoms with Crippen LogP contribution in [0.1, 0.15) is 39.7 Å². The molecule has 1 aromatic carbocycles. The molecular weight excluding hydrogens is 337 g/mol. The number of aliphatic carboxylic acids is 1. The third kappa shape index (κ3) is 4.19. The van der Waals surface area contributed by atoms with Crippen molar-refractivity contribution in [2.45, 2.75) is 63.8 Å². The lowest BCUT2D eigenvalue weighted by atomic mass is 9.87. The summed E-state index contributed by atoms with van der Waals surface area (Å²) in [6.45, 7) is 6.92. The number of hydrogen-bond donors (Lipinski definition) is 1. The van der Waals surface area contributed by atoms with E-state index >= 15 is 0 Å². The van der Waals surface area contributed by atoms with Crippen molar-refractivity contribution >= 4 is 14.3 Å². The highest BCUT2D eigenvalue weighted by atomic mass is 28.4. The molecule has 7 heteroatoms. The molecule has 1 unspecified atom stereocenters. The molecule has 0 amide bonds. The second-order valence-electron chi connectivity index (χ2n) is 6.16. The van der Waals surface area contributed by atoms with Gasteiger partial charge in [0.2, 0.25) is 0 Å². The van der Waals surface area contributed by atoms with Crippen LogP contribution >= 0.6 is 0 Å². The lowest BCUT2D eigenvalue weighted by Crippen LogP contribution is -2.54. The van der Waals surface area contributed by atoms with E-state index in [1.807, 2.05) is 20.8 Å².